The van der Waals surface area contributed by atoms with Crippen molar-refractivity contribution in [3.63, 3.8) is 0 Å². The summed E-state index contributed by atoms with van der Waals surface area (Å²) in [6.07, 6.45) is 13.8. The Labute approximate surface area is 448 Å². The Morgan fingerprint density at radius 1 is 0.400 bits per heavy atom. The number of hydrogen-bond acceptors (Lipinski definition) is 3. The van der Waals surface area contributed by atoms with E-state index in [2.05, 4.69) is 206 Å². The summed E-state index contributed by atoms with van der Waals surface area (Å²) in [6, 6.07) is 47.9. The average molecular weight is 982 g/mol. The molecule has 0 N–H and O–H groups in total. The molecule has 2 unspecified atom stereocenters. The molecule has 5 aliphatic carbocycles. The van der Waals surface area contributed by atoms with Crippen molar-refractivity contribution in [2.24, 2.45) is 21.7 Å². The van der Waals surface area contributed by atoms with Crippen molar-refractivity contribution in [3.8, 4) is 11.1 Å². The van der Waals surface area contributed by atoms with Gasteiger partial charge in [0.05, 0.1) is 5.54 Å². The summed E-state index contributed by atoms with van der Waals surface area (Å²) in [5.41, 5.74) is 33.7. The van der Waals surface area contributed by atoms with Gasteiger partial charge in [-0.1, -0.05) is 130 Å². The SMILES string of the molecule is Cc1ccccc1-c1ccc2c(c1)C1(C)CCCCC1(C)N2c1cc2c3c(c1)N(c1ccc4c(c1)CC(C)(C)C4)c1cc4c(cc1B3c1cc3c(cc1N2c1ccc2c(c1)CC(C)(C)C2)CC(C)(C)C3)CC(C)(C)C4. The summed E-state index contributed by atoms with van der Waals surface area (Å²) >= 11 is 0. The van der Waals surface area contributed by atoms with E-state index < -0.39 is 0 Å². The summed E-state index contributed by atoms with van der Waals surface area (Å²) < 4.78 is 0. The quantitative estimate of drug-likeness (QED) is 0.163. The van der Waals surface area contributed by atoms with Gasteiger partial charge in [-0.25, -0.2) is 0 Å². The van der Waals surface area contributed by atoms with Crippen LogP contribution in [0.5, 0.6) is 0 Å². The summed E-state index contributed by atoms with van der Waals surface area (Å²) in [7, 11) is 0. The third kappa shape index (κ3) is 6.72. The summed E-state index contributed by atoms with van der Waals surface area (Å²) in [5, 5.41) is 0. The Hall–Kier alpha value is -6.00. The number of aryl methyl sites for hydroxylation is 1. The maximum Gasteiger partial charge on any atom is 0.252 e. The van der Waals surface area contributed by atoms with Crippen molar-refractivity contribution in [2.75, 3.05) is 14.7 Å². The predicted molar refractivity (Wildman–Crippen MR) is 318 cm³/mol. The second-order valence-electron chi connectivity index (χ2n) is 29.0. The molecule has 3 nitrogen and oxygen atoms in total. The van der Waals surface area contributed by atoms with Crippen molar-refractivity contribution < 1.29 is 0 Å². The zero-order valence-corrected chi connectivity index (χ0v) is 46.9. The monoisotopic (exact) mass is 982 g/mol. The largest absolute Gasteiger partial charge is 0.334 e. The number of rotatable bonds is 4. The molecule has 1 fully saturated rings. The summed E-state index contributed by atoms with van der Waals surface area (Å²) in [5.74, 6) is 0. The van der Waals surface area contributed by atoms with E-state index in [1.807, 2.05) is 0 Å². The maximum atomic E-state index is 2.88. The van der Waals surface area contributed by atoms with E-state index >= 15 is 0 Å². The molecular weight excluding hydrogens is 906 g/mol. The van der Waals surface area contributed by atoms with Gasteiger partial charge in [-0.2, -0.15) is 0 Å². The summed E-state index contributed by atoms with van der Waals surface area (Å²) in [6.45, 7) is 27.4. The van der Waals surface area contributed by atoms with Gasteiger partial charge in [0, 0.05) is 50.9 Å². The van der Waals surface area contributed by atoms with Gasteiger partial charge in [0.2, 0.25) is 0 Å². The minimum Gasteiger partial charge on any atom is -0.334 e. The second kappa shape index (κ2) is 15.1. The first-order valence-corrected chi connectivity index (χ1v) is 29.0. The normalized spacial score (nSPS) is 24.0. The minimum absolute atomic E-state index is 0.0339. The molecule has 378 valence electrons. The molecule has 8 aliphatic rings. The molecule has 1 saturated carbocycles. The van der Waals surface area contributed by atoms with E-state index in [1.54, 1.807) is 11.1 Å². The highest BCUT2D eigenvalue weighted by Crippen LogP contribution is 2.63. The number of fused-ring (bicyclic) bond motifs is 11. The van der Waals surface area contributed by atoms with Crippen molar-refractivity contribution >= 4 is 68.6 Å². The van der Waals surface area contributed by atoms with E-state index in [4.69, 9.17) is 0 Å². The molecule has 0 spiro atoms. The molecule has 2 atom stereocenters. The average Bonchev–Trinajstić information content (AvgIpc) is 4.15. The fraction of sp³-hybridized carbons (Fsp3) is 0.408. The highest BCUT2D eigenvalue weighted by atomic mass is 15.3. The zero-order chi connectivity index (χ0) is 51.5. The molecule has 15 rings (SSSR count). The number of anilines is 8. The van der Waals surface area contributed by atoms with Crippen LogP contribution in [0.1, 0.15) is 151 Å². The number of nitrogens with zero attached hydrogens (tertiary/aromatic N) is 3. The molecular formula is C71H76BN3. The molecule has 0 bridgehead atoms. The first kappa shape index (κ1) is 46.3. The van der Waals surface area contributed by atoms with E-state index in [1.165, 1.54) is 137 Å². The van der Waals surface area contributed by atoms with E-state index in [9.17, 15) is 0 Å². The van der Waals surface area contributed by atoms with Crippen LogP contribution in [-0.2, 0) is 56.8 Å². The highest BCUT2D eigenvalue weighted by Gasteiger charge is 2.58. The smallest absolute Gasteiger partial charge is 0.252 e. The number of hydrogen-bond donors (Lipinski definition) is 0. The molecule has 7 aromatic rings. The topological polar surface area (TPSA) is 9.72 Å². The highest BCUT2D eigenvalue weighted by molar-refractivity contribution is 7.00. The molecule has 0 amide bonds. The lowest BCUT2D eigenvalue weighted by Crippen LogP contribution is -2.62. The summed E-state index contributed by atoms with van der Waals surface area (Å²) in [4.78, 5) is 8.43. The van der Waals surface area contributed by atoms with Gasteiger partial charge < -0.3 is 14.7 Å². The van der Waals surface area contributed by atoms with Crippen LogP contribution in [-0.4, -0.2) is 12.3 Å². The molecule has 0 aromatic heterocycles. The predicted octanol–water partition coefficient (Wildman–Crippen LogP) is 16.0. The van der Waals surface area contributed by atoms with Crippen LogP contribution in [0.25, 0.3) is 11.1 Å². The van der Waals surface area contributed by atoms with Gasteiger partial charge in [0.15, 0.2) is 0 Å². The Balaban J connectivity index is 1.04. The molecule has 3 heterocycles. The van der Waals surface area contributed by atoms with Crippen LogP contribution in [0.2, 0.25) is 0 Å². The second-order valence-corrected chi connectivity index (χ2v) is 29.0. The Bertz CT molecular complexity index is 3490. The lowest BCUT2D eigenvalue weighted by atomic mass is 9.33. The van der Waals surface area contributed by atoms with E-state index in [-0.39, 0.29) is 39.3 Å². The molecule has 7 aromatic carbocycles. The fourth-order valence-corrected chi connectivity index (χ4v) is 17.4. The van der Waals surface area contributed by atoms with Crippen molar-refractivity contribution in [2.45, 2.75) is 164 Å². The molecule has 75 heavy (non-hydrogen) atoms. The van der Waals surface area contributed by atoms with Gasteiger partial charge in [0.1, 0.15) is 0 Å². The van der Waals surface area contributed by atoms with Gasteiger partial charge in [-0.05, 0) is 244 Å². The first-order valence-electron chi connectivity index (χ1n) is 29.0. The minimum atomic E-state index is -0.135. The van der Waals surface area contributed by atoms with Gasteiger partial charge in [-0.3, -0.25) is 0 Å². The van der Waals surface area contributed by atoms with Gasteiger partial charge in [-0.15, -0.1) is 0 Å². The molecule has 3 aliphatic heterocycles. The first-order chi connectivity index (χ1) is 35.7. The Morgan fingerprint density at radius 2 is 0.867 bits per heavy atom. The number of benzene rings is 7. The Kier molecular flexibility index (Phi) is 9.35. The lowest BCUT2D eigenvalue weighted by molar-refractivity contribution is 0.195. The van der Waals surface area contributed by atoms with E-state index in [0.29, 0.717) is 0 Å². The third-order valence-corrected chi connectivity index (χ3v) is 20.8. The maximum absolute atomic E-state index is 2.88. The van der Waals surface area contributed by atoms with Crippen LogP contribution in [0, 0.1) is 28.6 Å². The third-order valence-electron chi connectivity index (χ3n) is 20.8. The lowest BCUT2D eigenvalue weighted by Gasteiger charge is -2.51. The fourth-order valence-electron chi connectivity index (χ4n) is 17.4. The van der Waals surface area contributed by atoms with Crippen LogP contribution < -0.4 is 31.1 Å². The zero-order valence-electron chi connectivity index (χ0n) is 46.9. The Morgan fingerprint density at radius 3 is 1.39 bits per heavy atom. The van der Waals surface area contributed by atoms with Crippen LogP contribution >= 0.6 is 0 Å². The molecule has 0 radical (unpaired) electrons. The molecule has 0 saturated heterocycles. The standard InChI is InChI=1S/C71H76BN3/c1-43-16-12-13-17-56(43)44-20-23-60-57(28-44)70(10)24-14-15-25-71(70,11)75(60)55-33-63-65-64(34-55)74(54-22-19-46-36-67(4,5)38-48(46)27-54)62-32-52-42-69(8,9)40-50(52)30-59(62)72(65)58-29-49-39-68(6,7)41-51(49)31-61(58)73(63)53-21-18-45-35-66(2,3)37-47(45)26-53/h12-13,16-23,26-34H,14-15,24-25,35-42H2,1-11H3. The van der Waals surface area contributed by atoms with E-state index in [0.717, 1.165) is 57.8 Å². The van der Waals surface area contributed by atoms with Crippen LogP contribution in [0.3, 0.4) is 0 Å². The van der Waals surface area contributed by atoms with Crippen molar-refractivity contribution in [1.29, 1.82) is 0 Å². The van der Waals surface area contributed by atoms with Gasteiger partial charge >= 0.3 is 0 Å². The van der Waals surface area contributed by atoms with Crippen LogP contribution in [0.4, 0.5) is 45.5 Å². The molecule has 4 heteroatoms. The van der Waals surface area contributed by atoms with Crippen LogP contribution in [0.15, 0.2) is 115 Å². The van der Waals surface area contributed by atoms with Crippen molar-refractivity contribution in [1.82, 2.24) is 0 Å². The van der Waals surface area contributed by atoms with Crippen molar-refractivity contribution in [3.05, 3.63) is 171 Å². The van der Waals surface area contributed by atoms with Gasteiger partial charge in [0.25, 0.3) is 6.71 Å².